The van der Waals surface area contributed by atoms with E-state index in [1.54, 1.807) is 34.9 Å². The van der Waals surface area contributed by atoms with Crippen LogP contribution in [0.2, 0.25) is 0 Å². The Morgan fingerprint density at radius 1 is 0.818 bits per heavy atom. The number of hydrogen-bond donors (Lipinski definition) is 0. The Hall–Kier alpha value is -3.36. The average molecular weight is 447 g/mol. The molecule has 2 aliphatic heterocycles. The third-order valence-electron chi connectivity index (χ3n) is 6.34. The summed E-state index contributed by atoms with van der Waals surface area (Å²) in [4.78, 5) is 47.1. The number of para-hydroxylation sites is 1. The highest BCUT2D eigenvalue weighted by Crippen LogP contribution is 2.22. The molecule has 0 atom stereocenters. The van der Waals surface area contributed by atoms with Crippen molar-refractivity contribution in [1.29, 1.82) is 0 Å². The Labute approximate surface area is 191 Å². The first-order valence-electron chi connectivity index (χ1n) is 11.4. The summed E-state index contributed by atoms with van der Waals surface area (Å²) in [6, 6.07) is 14.1. The highest BCUT2D eigenvalue weighted by atomic mass is 16.5. The van der Waals surface area contributed by atoms with Crippen LogP contribution in [-0.4, -0.2) is 70.6 Å². The summed E-state index contributed by atoms with van der Waals surface area (Å²) >= 11 is 0. The minimum Gasteiger partial charge on any atom is -0.379 e. The van der Waals surface area contributed by atoms with Gasteiger partial charge in [-0.15, -0.1) is 0 Å². The van der Waals surface area contributed by atoms with Crippen molar-refractivity contribution in [3.63, 3.8) is 0 Å². The van der Waals surface area contributed by atoms with Crippen molar-refractivity contribution in [2.75, 3.05) is 39.4 Å². The van der Waals surface area contributed by atoms with Crippen molar-refractivity contribution in [2.45, 2.75) is 19.4 Å². The van der Waals surface area contributed by atoms with E-state index < -0.39 is 0 Å². The number of hydrogen-bond acceptors (Lipinski definition) is 6. The molecule has 3 aromatic rings. The topological polar surface area (TPSA) is 84.7 Å². The number of carbonyl (C=O) groups is 2. The van der Waals surface area contributed by atoms with Gasteiger partial charge in [0.25, 0.3) is 17.4 Å². The van der Waals surface area contributed by atoms with Crippen LogP contribution in [0, 0.1) is 0 Å². The average Bonchev–Trinajstić information content (AvgIpc) is 3.09. The van der Waals surface area contributed by atoms with Crippen molar-refractivity contribution < 1.29 is 14.3 Å². The summed E-state index contributed by atoms with van der Waals surface area (Å²) in [6.45, 7) is 4.87. The second kappa shape index (κ2) is 9.25. The van der Waals surface area contributed by atoms with E-state index in [1.165, 1.54) is 4.90 Å². The summed E-state index contributed by atoms with van der Waals surface area (Å²) in [7, 11) is 0. The Morgan fingerprint density at radius 3 is 2.21 bits per heavy atom. The quantitative estimate of drug-likeness (QED) is 0.516. The van der Waals surface area contributed by atoms with Crippen molar-refractivity contribution in [3.8, 4) is 0 Å². The van der Waals surface area contributed by atoms with Crippen molar-refractivity contribution in [1.82, 2.24) is 19.4 Å². The molecule has 33 heavy (non-hydrogen) atoms. The van der Waals surface area contributed by atoms with Gasteiger partial charge in [-0.2, -0.15) is 0 Å². The van der Waals surface area contributed by atoms with Gasteiger partial charge in [0, 0.05) is 39.1 Å². The number of benzene rings is 2. The van der Waals surface area contributed by atoms with Gasteiger partial charge in [-0.25, -0.2) is 4.98 Å². The number of fused-ring (bicyclic) bond motifs is 2. The van der Waals surface area contributed by atoms with Crippen LogP contribution in [0.3, 0.4) is 0 Å². The first-order valence-corrected chi connectivity index (χ1v) is 11.4. The normalized spacial score (nSPS) is 16.5. The van der Waals surface area contributed by atoms with E-state index in [2.05, 4.69) is 4.90 Å². The molecular formula is C25H26N4O4. The van der Waals surface area contributed by atoms with Crippen molar-refractivity contribution in [3.05, 3.63) is 75.8 Å². The summed E-state index contributed by atoms with van der Waals surface area (Å²) in [5.41, 5.74) is 1.40. The number of morpholine rings is 1. The molecule has 2 aromatic carbocycles. The third-order valence-corrected chi connectivity index (χ3v) is 6.34. The highest BCUT2D eigenvalue weighted by molar-refractivity contribution is 6.21. The van der Waals surface area contributed by atoms with Gasteiger partial charge in [-0.05, 0) is 30.7 Å². The fraction of sp³-hybridized carbons (Fsp3) is 0.360. The second-order valence-corrected chi connectivity index (χ2v) is 8.37. The maximum Gasteiger partial charge on any atom is 0.261 e. The number of ether oxygens (including phenoxy) is 1. The predicted molar refractivity (Wildman–Crippen MR) is 123 cm³/mol. The number of aromatic nitrogens is 2. The number of amides is 2. The number of imide groups is 1. The molecule has 0 radical (unpaired) electrons. The Kier molecular flexibility index (Phi) is 6.02. The lowest BCUT2D eigenvalue weighted by molar-refractivity contribution is 0.0368. The van der Waals surface area contributed by atoms with Gasteiger partial charge >= 0.3 is 0 Å². The minimum atomic E-state index is -0.294. The van der Waals surface area contributed by atoms with Crippen LogP contribution in [0.1, 0.15) is 33.0 Å². The molecule has 8 nitrogen and oxygen atoms in total. The Bertz CT molecular complexity index is 1230. The number of carbonyl (C=O) groups excluding carboxylic acids is 2. The molecule has 0 bridgehead atoms. The largest absolute Gasteiger partial charge is 0.379 e. The highest BCUT2D eigenvalue weighted by Gasteiger charge is 2.34. The van der Waals surface area contributed by atoms with E-state index in [1.807, 2.05) is 18.2 Å². The fourth-order valence-corrected chi connectivity index (χ4v) is 4.57. The lowest BCUT2D eigenvalue weighted by Crippen LogP contribution is -2.38. The van der Waals surface area contributed by atoms with Gasteiger partial charge in [-0.3, -0.25) is 28.8 Å². The SMILES string of the molecule is O=C1c2ccccc2C(=O)N1CCc1nc2ccccc2c(=O)n1CCCN1CCOCC1. The molecule has 1 saturated heterocycles. The zero-order valence-electron chi connectivity index (χ0n) is 18.4. The fourth-order valence-electron chi connectivity index (χ4n) is 4.57. The Morgan fingerprint density at radius 2 is 1.48 bits per heavy atom. The standard InChI is InChI=1S/C25H26N4O4/c30-23-18-6-1-2-7-19(18)24(31)29(23)13-10-22-26-21-9-4-3-8-20(21)25(32)28(22)12-5-11-27-14-16-33-17-15-27/h1-4,6-9H,5,10-17H2. The lowest BCUT2D eigenvalue weighted by atomic mass is 10.1. The maximum atomic E-state index is 13.3. The molecule has 0 unspecified atom stereocenters. The smallest absolute Gasteiger partial charge is 0.261 e. The van der Waals surface area contributed by atoms with Gasteiger partial charge < -0.3 is 4.74 Å². The van der Waals surface area contributed by atoms with Gasteiger partial charge in [0.1, 0.15) is 5.82 Å². The van der Waals surface area contributed by atoms with Crippen LogP contribution in [0.25, 0.3) is 10.9 Å². The molecular weight excluding hydrogens is 420 g/mol. The van der Waals surface area contributed by atoms with E-state index in [9.17, 15) is 14.4 Å². The predicted octanol–water partition coefficient (Wildman–Crippen LogP) is 1.96. The van der Waals surface area contributed by atoms with Crippen molar-refractivity contribution >= 4 is 22.7 Å². The number of rotatable bonds is 7. The molecule has 1 fully saturated rings. The van der Waals surface area contributed by atoms with E-state index in [-0.39, 0.29) is 23.9 Å². The molecule has 0 aliphatic carbocycles. The molecule has 8 heteroatoms. The van der Waals surface area contributed by atoms with E-state index >= 15 is 0 Å². The van der Waals surface area contributed by atoms with Gasteiger partial charge in [0.05, 0.1) is 35.2 Å². The van der Waals surface area contributed by atoms with E-state index in [0.717, 1.165) is 39.3 Å². The van der Waals surface area contributed by atoms with Crippen LogP contribution in [0.5, 0.6) is 0 Å². The monoisotopic (exact) mass is 446 g/mol. The van der Waals surface area contributed by atoms with E-state index in [4.69, 9.17) is 9.72 Å². The summed E-state index contributed by atoms with van der Waals surface area (Å²) in [6.07, 6.45) is 1.13. The minimum absolute atomic E-state index is 0.0834. The zero-order valence-corrected chi connectivity index (χ0v) is 18.4. The molecule has 2 amide bonds. The summed E-state index contributed by atoms with van der Waals surface area (Å²) in [5, 5.41) is 0.577. The Balaban J connectivity index is 1.37. The van der Waals surface area contributed by atoms with Gasteiger partial charge in [0.2, 0.25) is 0 Å². The molecule has 5 rings (SSSR count). The maximum absolute atomic E-state index is 13.3. The molecule has 3 heterocycles. The molecule has 2 aliphatic rings. The second-order valence-electron chi connectivity index (χ2n) is 8.37. The summed E-state index contributed by atoms with van der Waals surface area (Å²) in [5.74, 6) is 0.00689. The molecule has 0 N–H and O–H groups in total. The van der Waals surface area contributed by atoms with Crippen LogP contribution in [0.4, 0.5) is 0 Å². The van der Waals surface area contributed by atoms with Crippen LogP contribution >= 0.6 is 0 Å². The van der Waals surface area contributed by atoms with Crippen LogP contribution in [0.15, 0.2) is 53.3 Å². The first-order chi connectivity index (χ1) is 16.1. The third kappa shape index (κ3) is 4.19. The van der Waals surface area contributed by atoms with Crippen LogP contribution < -0.4 is 5.56 Å². The van der Waals surface area contributed by atoms with Crippen LogP contribution in [-0.2, 0) is 17.7 Å². The number of nitrogens with zero attached hydrogens (tertiary/aromatic N) is 4. The van der Waals surface area contributed by atoms with Gasteiger partial charge in [-0.1, -0.05) is 24.3 Å². The van der Waals surface area contributed by atoms with Gasteiger partial charge in [0.15, 0.2) is 0 Å². The molecule has 0 saturated carbocycles. The summed E-state index contributed by atoms with van der Waals surface area (Å²) < 4.78 is 7.11. The lowest BCUT2D eigenvalue weighted by Gasteiger charge is -2.26. The van der Waals surface area contributed by atoms with Crippen molar-refractivity contribution in [2.24, 2.45) is 0 Å². The van der Waals surface area contributed by atoms with E-state index in [0.29, 0.717) is 40.8 Å². The molecule has 0 spiro atoms. The zero-order chi connectivity index (χ0) is 22.8. The first kappa shape index (κ1) is 21.5. The molecule has 1 aromatic heterocycles. The molecule has 170 valence electrons.